The Kier molecular flexibility index (Phi) is 4.64. The van der Waals surface area contributed by atoms with Crippen molar-refractivity contribution in [3.8, 4) is 17.1 Å². The van der Waals surface area contributed by atoms with E-state index in [1.807, 2.05) is 37.5 Å². The molecule has 2 unspecified atom stereocenters. The number of fused-ring (bicyclic) bond motifs is 1. The number of nitrogens with zero attached hydrogens (tertiary/aromatic N) is 3. The lowest BCUT2D eigenvalue weighted by molar-refractivity contribution is -0.119. The lowest BCUT2D eigenvalue weighted by Crippen LogP contribution is -2.26. The molecule has 3 aromatic rings. The molecule has 0 radical (unpaired) electrons. The van der Waals surface area contributed by atoms with Gasteiger partial charge in [0.15, 0.2) is 0 Å². The molecule has 8 heteroatoms. The monoisotopic (exact) mass is 418 g/mol. The lowest BCUT2D eigenvalue weighted by Gasteiger charge is -2.20. The van der Waals surface area contributed by atoms with Crippen molar-refractivity contribution in [2.75, 3.05) is 12.3 Å². The van der Waals surface area contributed by atoms with Gasteiger partial charge >= 0.3 is 0 Å². The molecule has 1 aliphatic heterocycles. The van der Waals surface area contributed by atoms with Gasteiger partial charge in [0.05, 0.1) is 17.5 Å². The van der Waals surface area contributed by atoms with E-state index in [2.05, 4.69) is 14.9 Å². The molecule has 160 valence electrons. The largest absolute Gasteiger partial charge is 0.473 e. The summed E-state index contributed by atoms with van der Waals surface area (Å²) in [6.07, 6.45) is 4.42. The average molecular weight is 419 g/mol. The van der Waals surface area contributed by atoms with E-state index in [0.717, 1.165) is 35.1 Å². The summed E-state index contributed by atoms with van der Waals surface area (Å²) in [4.78, 5) is 21.1. The number of aromatic nitrogens is 3. The number of ether oxygens (including phenoxy) is 1. The van der Waals surface area contributed by atoms with Crippen molar-refractivity contribution in [1.29, 1.82) is 5.41 Å². The second kappa shape index (κ2) is 7.37. The van der Waals surface area contributed by atoms with Crippen LogP contribution in [0.5, 0.6) is 5.88 Å². The first-order valence-corrected chi connectivity index (χ1v) is 10.7. The van der Waals surface area contributed by atoms with Crippen LogP contribution >= 0.6 is 0 Å². The van der Waals surface area contributed by atoms with Crippen molar-refractivity contribution in [1.82, 2.24) is 19.9 Å². The van der Waals surface area contributed by atoms with E-state index in [4.69, 9.17) is 20.9 Å². The number of rotatable bonds is 6. The van der Waals surface area contributed by atoms with Crippen LogP contribution in [0.15, 0.2) is 30.6 Å². The topological polar surface area (TPSA) is 119 Å². The second-order valence-corrected chi connectivity index (χ2v) is 8.58. The smallest absolute Gasteiger partial charge is 0.241 e. The third kappa shape index (κ3) is 3.62. The number of anilines is 1. The number of amides is 1. The van der Waals surface area contributed by atoms with E-state index in [1.54, 1.807) is 6.92 Å². The summed E-state index contributed by atoms with van der Waals surface area (Å²) in [5, 5.41) is 10.7. The van der Waals surface area contributed by atoms with Crippen LogP contribution in [0.3, 0.4) is 0 Å². The highest BCUT2D eigenvalue weighted by atomic mass is 16.5. The third-order valence-corrected chi connectivity index (χ3v) is 6.18. The molecule has 0 spiro atoms. The van der Waals surface area contributed by atoms with Gasteiger partial charge in [0.25, 0.3) is 0 Å². The number of nitrogen functional groups attached to an aromatic ring is 1. The summed E-state index contributed by atoms with van der Waals surface area (Å²) in [5.41, 5.74) is 11.2. The van der Waals surface area contributed by atoms with Crippen LogP contribution in [0.25, 0.3) is 22.3 Å². The Morgan fingerprint density at radius 1 is 1.35 bits per heavy atom. The van der Waals surface area contributed by atoms with E-state index in [-0.39, 0.29) is 17.9 Å². The fourth-order valence-electron chi connectivity index (χ4n) is 4.18. The van der Waals surface area contributed by atoms with Crippen LogP contribution in [-0.2, 0) is 4.79 Å². The molecule has 2 atom stereocenters. The van der Waals surface area contributed by atoms with Crippen LogP contribution in [0.4, 0.5) is 5.69 Å². The molecule has 4 N–H and O–H groups in total. The SMILES string of the molecule is CC(=N)c1ccc(-c2cc3ncn(C4CC4)c3c(OC(C)C3CNC(=O)C3)n2)cc1N. The maximum Gasteiger partial charge on any atom is 0.241 e. The molecule has 1 amide bonds. The third-order valence-electron chi connectivity index (χ3n) is 6.18. The van der Waals surface area contributed by atoms with Crippen LogP contribution in [0.1, 0.15) is 44.7 Å². The Morgan fingerprint density at radius 2 is 2.16 bits per heavy atom. The maximum atomic E-state index is 11.7. The fourth-order valence-corrected chi connectivity index (χ4v) is 4.18. The van der Waals surface area contributed by atoms with Crippen LogP contribution in [-0.4, -0.2) is 38.8 Å². The van der Waals surface area contributed by atoms with Crippen LogP contribution < -0.4 is 15.8 Å². The molecular formula is C23H26N6O2. The van der Waals surface area contributed by atoms with Gasteiger partial charge in [-0.2, -0.15) is 0 Å². The fraction of sp³-hybridized carbons (Fsp3) is 0.391. The highest BCUT2D eigenvalue weighted by Gasteiger charge is 2.31. The zero-order chi connectivity index (χ0) is 21.7. The Balaban J connectivity index is 1.57. The van der Waals surface area contributed by atoms with E-state index in [0.29, 0.717) is 41.8 Å². The standard InChI is InChI=1S/C23H26N6O2/c1-12(24)17-6-3-14(7-18(17)25)19-9-20-22(29(11-27-20)16-4-5-16)23(28-19)31-13(2)15-8-21(30)26-10-15/h3,6-7,9,11,13,15-16,24H,4-5,8,10,25H2,1-2H3,(H,26,30). The number of nitrogens with one attached hydrogen (secondary N) is 2. The molecule has 2 fully saturated rings. The molecule has 1 aliphatic carbocycles. The van der Waals surface area contributed by atoms with Gasteiger partial charge in [-0.1, -0.05) is 12.1 Å². The maximum absolute atomic E-state index is 11.7. The Labute approximate surface area is 180 Å². The summed E-state index contributed by atoms with van der Waals surface area (Å²) >= 11 is 0. The first kappa shape index (κ1) is 19.5. The molecule has 3 heterocycles. The number of benzene rings is 1. The molecule has 8 nitrogen and oxygen atoms in total. The van der Waals surface area contributed by atoms with Crippen molar-refractivity contribution >= 4 is 28.3 Å². The molecule has 2 aliphatic rings. The number of hydrogen-bond donors (Lipinski definition) is 3. The molecule has 31 heavy (non-hydrogen) atoms. The molecule has 5 rings (SSSR count). The summed E-state index contributed by atoms with van der Waals surface area (Å²) in [6.45, 7) is 4.32. The van der Waals surface area contributed by atoms with Gasteiger partial charge in [0.2, 0.25) is 11.8 Å². The number of nitrogens with two attached hydrogens (primary N) is 1. The summed E-state index contributed by atoms with van der Waals surface area (Å²) < 4.78 is 8.52. The van der Waals surface area contributed by atoms with Crippen molar-refractivity contribution in [2.45, 2.75) is 45.3 Å². The van der Waals surface area contributed by atoms with E-state index in [1.165, 1.54) is 0 Å². The molecule has 1 saturated heterocycles. The van der Waals surface area contributed by atoms with Crippen LogP contribution in [0, 0.1) is 11.3 Å². The van der Waals surface area contributed by atoms with Gasteiger partial charge in [0.1, 0.15) is 11.6 Å². The van der Waals surface area contributed by atoms with Gasteiger partial charge in [-0.05, 0) is 38.8 Å². The summed E-state index contributed by atoms with van der Waals surface area (Å²) in [5.74, 6) is 0.706. The van der Waals surface area contributed by atoms with Gasteiger partial charge < -0.3 is 25.8 Å². The van der Waals surface area contributed by atoms with Crippen LogP contribution in [0.2, 0.25) is 0 Å². The Hall–Kier alpha value is -3.42. The number of hydrogen-bond acceptors (Lipinski definition) is 6. The zero-order valence-corrected chi connectivity index (χ0v) is 17.7. The molecule has 2 aromatic heterocycles. The number of pyridine rings is 1. The molecule has 0 bridgehead atoms. The average Bonchev–Trinajstić information content (AvgIpc) is 3.33. The minimum absolute atomic E-state index is 0.0624. The minimum Gasteiger partial charge on any atom is -0.473 e. The Morgan fingerprint density at radius 3 is 2.81 bits per heavy atom. The molecule has 1 aromatic carbocycles. The van der Waals surface area contributed by atoms with Gasteiger partial charge in [-0.25, -0.2) is 9.97 Å². The highest BCUT2D eigenvalue weighted by Crippen LogP contribution is 2.40. The quantitative estimate of drug-likeness (QED) is 0.419. The number of carbonyl (C=O) groups is 1. The van der Waals surface area contributed by atoms with Gasteiger partial charge in [0, 0.05) is 47.5 Å². The number of carbonyl (C=O) groups excluding carboxylic acids is 1. The minimum atomic E-state index is -0.166. The van der Waals surface area contributed by atoms with Crippen molar-refractivity contribution in [3.63, 3.8) is 0 Å². The molecule has 1 saturated carbocycles. The first-order valence-electron chi connectivity index (χ1n) is 10.7. The van der Waals surface area contributed by atoms with Crippen molar-refractivity contribution < 1.29 is 9.53 Å². The predicted octanol–water partition coefficient (Wildman–Crippen LogP) is 3.31. The van der Waals surface area contributed by atoms with Crippen molar-refractivity contribution in [3.05, 3.63) is 36.2 Å². The predicted molar refractivity (Wildman–Crippen MR) is 119 cm³/mol. The summed E-state index contributed by atoms with van der Waals surface area (Å²) in [6, 6.07) is 8.00. The van der Waals surface area contributed by atoms with Crippen molar-refractivity contribution in [2.24, 2.45) is 5.92 Å². The van der Waals surface area contributed by atoms with Gasteiger partial charge in [-0.3, -0.25) is 4.79 Å². The normalized spacial score (nSPS) is 19.4. The Bertz CT molecular complexity index is 1200. The first-order chi connectivity index (χ1) is 14.9. The van der Waals surface area contributed by atoms with Gasteiger partial charge in [-0.15, -0.1) is 0 Å². The zero-order valence-electron chi connectivity index (χ0n) is 17.7. The van der Waals surface area contributed by atoms with E-state index >= 15 is 0 Å². The molecular weight excluding hydrogens is 392 g/mol. The second-order valence-electron chi connectivity index (χ2n) is 8.58. The van der Waals surface area contributed by atoms with E-state index in [9.17, 15) is 4.79 Å². The highest BCUT2D eigenvalue weighted by molar-refractivity contribution is 6.01. The number of imidazole rings is 1. The lowest BCUT2D eigenvalue weighted by atomic mass is 10.0. The summed E-state index contributed by atoms with van der Waals surface area (Å²) in [7, 11) is 0. The van der Waals surface area contributed by atoms with E-state index < -0.39 is 0 Å².